The van der Waals surface area contributed by atoms with E-state index in [1.54, 1.807) is 18.2 Å². The van der Waals surface area contributed by atoms with Crippen molar-refractivity contribution in [2.75, 3.05) is 19.5 Å². The molecule has 1 aromatic heterocycles. The van der Waals surface area contributed by atoms with Crippen LogP contribution in [-0.4, -0.2) is 19.7 Å². The van der Waals surface area contributed by atoms with E-state index in [1.165, 1.54) is 7.11 Å². The van der Waals surface area contributed by atoms with Gasteiger partial charge in [-0.1, -0.05) is 6.92 Å². The Labute approximate surface area is 104 Å². The topological polar surface area (TPSA) is 74.7 Å². The molecule has 0 saturated heterocycles. The zero-order valence-electron chi connectivity index (χ0n) is 10.4. The molecule has 18 heavy (non-hydrogen) atoms. The number of methoxy groups -OCH3 is 1. The Bertz CT molecular complexity index is 574. The third kappa shape index (κ3) is 2.25. The molecule has 5 nitrogen and oxygen atoms in total. The van der Waals surface area contributed by atoms with Crippen LogP contribution in [0.3, 0.4) is 0 Å². The summed E-state index contributed by atoms with van der Waals surface area (Å²) in [5.74, 6) is 0.160. The van der Waals surface area contributed by atoms with Crippen LogP contribution in [0, 0.1) is 0 Å². The van der Waals surface area contributed by atoms with Gasteiger partial charge in [-0.05, 0) is 18.6 Å². The quantitative estimate of drug-likeness (QED) is 0.665. The van der Waals surface area contributed by atoms with E-state index in [4.69, 9.17) is 14.9 Å². The molecular weight excluding hydrogens is 234 g/mol. The van der Waals surface area contributed by atoms with Crippen LogP contribution in [0.15, 0.2) is 22.6 Å². The fourth-order valence-corrected chi connectivity index (χ4v) is 1.66. The third-order valence-electron chi connectivity index (χ3n) is 2.45. The first-order valence-electron chi connectivity index (χ1n) is 5.70. The molecule has 0 unspecified atom stereocenters. The summed E-state index contributed by atoms with van der Waals surface area (Å²) in [5.41, 5.74) is 6.85. The molecule has 1 aromatic carbocycles. The maximum Gasteiger partial charge on any atom is 0.373 e. The zero-order valence-corrected chi connectivity index (χ0v) is 10.4. The number of rotatable bonds is 4. The van der Waals surface area contributed by atoms with Crippen molar-refractivity contribution in [3.05, 3.63) is 24.0 Å². The fraction of sp³-hybridized carbons (Fsp3) is 0.308. The molecule has 96 valence electrons. The number of carbonyl (C=O) groups excluding carboxylic acids is 1. The summed E-state index contributed by atoms with van der Waals surface area (Å²) >= 11 is 0. The summed E-state index contributed by atoms with van der Waals surface area (Å²) in [6, 6.07) is 5.00. The molecule has 0 bridgehead atoms. The van der Waals surface area contributed by atoms with Crippen molar-refractivity contribution in [1.29, 1.82) is 0 Å². The van der Waals surface area contributed by atoms with Crippen LogP contribution in [-0.2, 0) is 4.74 Å². The average Bonchev–Trinajstić information content (AvgIpc) is 2.78. The Kier molecular flexibility index (Phi) is 3.41. The first kappa shape index (κ1) is 12.3. The third-order valence-corrected chi connectivity index (χ3v) is 2.45. The van der Waals surface area contributed by atoms with Crippen molar-refractivity contribution in [3.8, 4) is 5.75 Å². The van der Waals surface area contributed by atoms with Crippen LogP contribution in [0.2, 0.25) is 0 Å². The van der Waals surface area contributed by atoms with Crippen molar-refractivity contribution in [3.63, 3.8) is 0 Å². The first-order chi connectivity index (χ1) is 8.65. The fourth-order valence-electron chi connectivity index (χ4n) is 1.66. The SMILES string of the molecule is CCCOc1cc(N)cc2cc(C(=O)OC)oc12. The number of ether oxygens (including phenoxy) is 2. The van der Waals surface area contributed by atoms with Crippen LogP contribution in [0.4, 0.5) is 5.69 Å². The number of furan rings is 1. The van der Waals surface area contributed by atoms with Crippen molar-refractivity contribution in [1.82, 2.24) is 0 Å². The predicted molar refractivity (Wildman–Crippen MR) is 67.8 cm³/mol. The Morgan fingerprint density at radius 1 is 1.39 bits per heavy atom. The highest BCUT2D eigenvalue weighted by molar-refractivity contribution is 5.95. The van der Waals surface area contributed by atoms with E-state index in [9.17, 15) is 4.79 Å². The maximum absolute atomic E-state index is 11.4. The minimum Gasteiger partial charge on any atom is -0.490 e. The van der Waals surface area contributed by atoms with E-state index in [0.29, 0.717) is 23.6 Å². The molecule has 0 radical (unpaired) electrons. The van der Waals surface area contributed by atoms with E-state index in [-0.39, 0.29) is 5.76 Å². The smallest absolute Gasteiger partial charge is 0.373 e. The molecule has 2 N–H and O–H groups in total. The summed E-state index contributed by atoms with van der Waals surface area (Å²) < 4.78 is 15.6. The molecule has 0 aliphatic carbocycles. The lowest BCUT2D eigenvalue weighted by Crippen LogP contribution is -1.98. The van der Waals surface area contributed by atoms with Gasteiger partial charge in [-0.25, -0.2) is 4.79 Å². The normalized spacial score (nSPS) is 10.6. The lowest BCUT2D eigenvalue weighted by molar-refractivity contribution is 0.0567. The van der Waals surface area contributed by atoms with Gasteiger partial charge in [0.15, 0.2) is 11.3 Å². The highest BCUT2D eigenvalue weighted by Gasteiger charge is 2.16. The van der Waals surface area contributed by atoms with Crippen LogP contribution in [0.25, 0.3) is 11.0 Å². The maximum atomic E-state index is 11.4. The van der Waals surface area contributed by atoms with Gasteiger partial charge in [0.1, 0.15) is 0 Å². The number of benzene rings is 1. The molecule has 5 heteroatoms. The van der Waals surface area contributed by atoms with E-state index >= 15 is 0 Å². The lowest BCUT2D eigenvalue weighted by Gasteiger charge is -2.05. The van der Waals surface area contributed by atoms with Gasteiger partial charge < -0.3 is 19.6 Å². The molecule has 1 heterocycles. The van der Waals surface area contributed by atoms with E-state index < -0.39 is 5.97 Å². The van der Waals surface area contributed by atoms with E-state index in [1.807, 2.05) is 6.92 Å². The van der Waals surface area contributed by atoms with Gasteiger partial charge in [0, 0.05) is 17.1 Å². The molecular formula is C13H15NO4. The number of carbonyl (C=O) groups is 1. The van der Waals surface area contributed by atoms with Crippen LogP contribution < -0.4 is 10.5 Å². The van der Waals surface area contributed by atoms with Crippen molar-refractivity contribution >= 4 is 22.6 Å². The number of nitrogens with two attached hydrogens (primary N) is 1. The highest BCUT2D eigenvalue weighted by Crippen LogP contribution is 2.32. The van der Waals surface area contributed by atoms with Gasteiger partial charge in [0.05, 0.1) is 13.7 Å². The molecule has 0 fully saturated rings. The number of anilines is 1. The molecule has 0 amide bonds. The Balaban J connectivity index is 2.49. The predicted octanol–water partition coefficient (Wildman–Crippen LogP) is 2.59. The van der Waals surface area contributed by atoms with Crippen LogP contribution in [0.1, 0.15) is 23.9 Å². The van der Waals surface area contributed by atoms with E-state index in [0.717, 1.165) is 11.8 Å². The molecule has 0 saturated carbocycles. The number of hydrogen-bond donors (Lipinski definition) is 1. The molecule has 0 aliphatic rings. The van der Waals surface area contributed by atoms with Gasteiger partial charge in [-0.15, -0.1) is 0 Å². The van der Waals surface area contributed by atoms with Crippen molar-refractivity contribution < 1.29 is 18.7 Å². The molecule has 0 atom stereocenters. The summed E-state index contributed by atoms with van der Waals surface area (Å²) in [4.78, 5) is 11.4. The number of esters is 1. The number of fused-ring (bicyclic) bond motifs is 1. The lowest BCUT2D eigenvalue weighted by atomic mass is 10.2. The highest BCUT2D eigenvalue weighted by atomic mass is 16.5. The minimum absolute atomic E-state index is 0.138. The molecule has 0 aliphatic heterocycles. The second-order valence-electron chi connectivity index (χ2n) is 3.89. The second-order valence-corrected chi connectivity index (χ2v) is 3.89. The van der Waals surface area contributed by atoms with E-state index in [2.05, 4.69) is 4.74 Å². The standard InChI is InChI=1S/C13H15NO4/c1-3-4-17-10-7-9(14)5-8-6-11(13(15)16-2)18-12(8)10/h5-7H,3-4,14H2,1-2H3. The summed E-state index contributed by atoms with van der Waals surface area (Å²) in [6.45, 7) is 2.57. The average molecular weight is 249 g/mol. The Morgan fingerprint density at radius 3 is 2.83 bits per heavy atom. The Hall–Kier alpha value is -2.17. The first-order valence-corrected chi connectivity index (χ1v) is 5.70. The monoisotopic (exact) mass is 249 g/mol. The van der Waals surface area contributed by atoms with Gasteiger partial charge in [0.25, 0.3) is 0 Å². The summed E-state index contributed by atoms with van der Waals surface area (Å²) in [6.07, 6.45) is 0.876. The summed E-state index contributed by atoms with van der Waals surface area (Å²) in [5, 5.41) is 0.724. The van der Waals surface area contributed by atoms with Gasteiger partial charge >= 0.3 is 5.97 Å². The van der Waals surface area contributed by atoms with Gasteiger partial charge in [-0.2, -0.15) is 0 Å². The van der Waals surface area contributed by atoms with Crippen molar-refractivity contribution in [2.24, 2.45) is 0 Å². The van der Waals surface area contributed by atoms with Crippen LogP contribution in [0.5, 0.6) is 5.75 Å². The number of hydrogen-bond acceptors (Lipinski definition) is 5. The molecule has 2 rings (SSSR count). The second kappa shape index (κ2) is 5.00. The van der Waals surface area contributed by atoms with Gasteiger partial charge in [0.2, 0.25) is 5.76 Å². The Morgan fingerprint density at radius 2 is 2.17 bits per heavy atom. The molecule has 2 aromatic rings. The molecule has 0 spiro atoms. The largest absolute Gasteiger partial charge is 0.490 e. The zero-order chi connectivity index (χ0) is 13.1. The van der Waals surface area contributed by atoms with Crippen molar-refractivity contribution in [2.45, 2.75) is 13.3 Å². The van der Waals surface area contributed by atoms with Gasteiger partial charge in [-0.3, -0.25) is 0 Å². The number of nitrogen functional groups attached to an aromatic ring is 1. The van der Waals surface area contributed by atoms with Crippen LogP contribution >= 0.6 is 0 Å². The summed E-state index contributed by atoms with van der Waals surface area (Å²) in [7, 11) is 1.30. The minimum atomic E-state index is -0.522.